The Morgan fingerprint density at radius 1 is 1.35 bits per heavy atom. The van der Waals surface area contributed by atoms with Gasteiger partial charge in [0.05, 0.1) is 0 Å². The molecule has 2 rings (SSSR count). The lowest BCUT2D eigenvalue weighted by atomic mass is 9.86. The van der Waals surface area contributed by atoms with Gasteiger partial charge >= 0.3 is 0 Å². The summed E-state index contributed by atoms with van der Waals surface area (Å²) >= 11 is 0. The van der Waals surface area contributed by atoms with Gasteiger partial charge < -0.3 is 10.5 Å². The van der Waals surface area contributed by atoms with Crippen molar-refractivity contribution >= 4 is 12.4 Å². The summed E-state index contributed by atoms with van der Waals surface area (Å²) in [5.74, 6) is 0.206. The molecule has 0 aliphatic carbocycles. The van der Waals surface area contributed by atoms with Crippen LogP contribution in [0.25, 0.3) is 0 Å². The summed E-state index contributed by atoms with van der Waals surface area (Å²) in [6.45, 7) is 3.52. The van der Waals surface area contributed by atoms with Crippen LogP contribution < -0.4 is 5.73 Å². The maximum Gasteiger partial charge on any atom is 0.123 e. The predicted molar refractivity (Wildman–Crippen MR) is 68.9 cm³/mol. The molecule has 0 radical (unpaired) electrons. The van der Waals surface area contributed by atoms with Crippen molar-refractivity contribution in [2.75, 3.05) is 13.2 Å². The molecule has 2 N–H and O–H groups in total. The van der Waals surface area contributed by atoms with Gasteiger partial charge in [-0.2, -0.15) is 0 Å². The SMILES string of the molecule is Cc1ccc(F)cc1[C@H](N)C1CCOCC1.Cl. The molecule has 0 spiro atoms. The third-order valence-electron chi connectivity index (χ3n) is 3.37. The molecule has 0 aromatic heterocycles. The molecular formula is C13H19ClFNO. The Bertz CT molecular complexity index is 366. The zero-order chi connectivity index (χ0) is 11.5. The van der Waals surface area contributed by atoms with Gasteiger partial charge in [0, 0.05) is 19.3 Å². The smallest absolute Gasteiger partial charge is 0.123 e. The average Bonchev–Trinajstić information content (AvgIpc) is 2.32. The molecule has 0 saturated carbocycles. The molecule has 1 aromatic rings. The minimum Gasteiger partial charge on any atom is -0.381 e. The quantitative estimate of drug-likeness (QED) is 0.886. The molecule has 1 fully saturated rings. The van der Waals surface area contributed by atoms with Gasteiger partial charge in [0.1, 0.15) is 5.82 Å². The molecule has 2 nitrogen and oxygen atoms in total. The average molecular weight is 260 g/mol. The van der Waals surface area contributed by atoms with E-state index in [1.165, 1.54) is 6.07 Å². The largest absolute Gasteiger partial charge is 0.381 e. The lowest BCUT2D eigenvalue weighted by Gasteiger charge is -2.28. The van der Waals surface area contributed by atoms with Crippen LogP contribution in [0.1, 0.15) is 30.0 Å². The van der Waals surface area contributed by atoms with Crippen LogP contribution >= 0.6 is 12.4 Å². The van der Waals surface area contributed by atoms with E-state index in [9.17, 15) is 4.39 Å². The van der Waals surface area contributed by atoms with Gasteiger partial charge in [0.2, 0.25) is 0 Å². The molecule has 1 aliphatic heterocycles. The van der Waals surface area contributed by atoms with Crippen molar-refractivity contribution in [3.63, 3.8) is 0 Å². The summed E-state index contributed by atoms with van der Waals surface area (Å²) in [7, 11) is 0. The number of benzene rings is 1. The summed E-state index contributed by atoms with van der Waals surface area (Å²) in [5, 5.41) is 0. The normalized spacial score (nSPS) is 18.5. The van der Waals surface area contributed by atoms with Crippen molar-refractivity contribution < 1.29 is 9.13 Å². The van der Waals surface area contributed by atoms with Crippen molar-refractivity contribution in [1.82, 2.24) is 0 Å². The van der Waals surface area contributed by atoms with Crippen molar-refractivity contribution in [1.29, 1.82) is 0 Å². The lowest BCUT2D eigenvalue weighted by molar-refractivity contribution is 0.0583. The molecule has 0 bridgehead atoms. The molecule has 0 unspecified atom stereocenters. The number of halogens is 2. The lowest BCUT2D eigenvalue weighted by Crippen LogP contribution is -2.28. The van der Waals surface area contributed by atoms with E-state index in [0.29, 0.717) is 5.92 Å². The first-order valence-electron chi connectivity index (χ1n) is 5.78. The van der Waals surface area contributed by atoms with Gasteiger partial charge in [0.15, 0.2) is 0 Å². The number of hydrogen-bond acceptors (Lipinski definition) is 2. The summed E-state index contributed by atoms with van der Waals surface area (Å²) < 4.78 is 18.5. The van der Waals surface area contributed by atoms with Crippen LogP contribution in [0.15, 0.2) is 18.2 Å². The van der Waals surface area contributed by atoms with Crippen LogP contribution in [0.3, 0.4) is 0 Å². The molecule has 17 heavy (non-hydrogen) atoms. The molecule has 1 heterocycles. The van der Waals surface area contributed by atoms with Crippen LogP contribution in [-0.4, -0.2) is 13.2 Å². The van der Waals surface area contributed by atoms with E-state index in [-0.39, 0.29) is 24.3 Å². The standard InChI is InChI=1S/C13H18FNO.ClH/c1-9-2-3-11(14)8-12(9)13(15)10-4-6-16-7-5-10;/h2-3,8,10,13H,4-7,15H2,1H3;1H/t13-;/m1./s1. The van der Waals surface area contributed by atoms with Crippen molar-refractivity contribution in [3.05, 3.63) is 35.1 Å². The van der Waals surface area contributed by atoms with E-state index in [1.807, 2.05) is 6.92 Å². The molecule has 4 heteroatoms. The highest BCUT2D eigenvalue weighted by Gasteiger charge is 2.23. The Morgan fingerprint density at radius 2 is 2.00 bits per heavy atom. The molecular weight excluding hydrogens is 241 g/mol. The Kier molecular flexibility index (Phi) is 5.37. The molecule has 96 valence electrons. The first-order valence-corrected chi connectivity index (χ1v) is 5.78. The summed E-state index contributed by atoms with van der Waals surface area (Å²) in [6.07, 6.45) is 1.94. The minimum absolute atomic E-state index is 0. The van der Waals surface area contributed by atoms with Crippen LogP contribution in [-0.2, 0) is 4.74 Å². The van der Waals surface area contributed by atoms with Crippen LogP contribution in [0.4, 0.5) is 4.39 Å². The summed E-state index contributed by atoms with van der Waals surface area (Å²) in [6, 6.07) is 4.77. The second-order valence-electron chi connectivity index (χ2n) is 4.48. The van der Waals surface area contributed by atoms with Crippen LogP contribution in [0.5, 0.6) is 0 Å². The first kappa shape index (κ1) is 14.4. The highest BCUT2D eigenvalue weighted by Crippen LogP contribution is 2.30. The molecule has 1 atom stereocenters. The van der Waals surface area contributed by atoms with E-state index < -0.39 is 0 Å². The van der Waals surface area contributed by atoms with Gasteiger partial charge in [-0.05, 0) is 48.9 Å². The number of nitrogens with two attached hydrogens (primary N) is 1. The topological polar surface area (TPSA) is 35.2 Å². The number of rotatable bonds is 2. The van der Waals surface area contributed by atoms with Crippen molar-refractivity contribution in [3.8, 4) is 0 Å². The highest BCUT2D eigenvalue weighted by atomic mass is 35.5. The number of ether oxygens (including phenoxy) is 1. The fourth-order valence-corrected chi connectivity index (χ4v) is 2.30. The third kappa shape index (κ3) is 3.41. The Morgan fingerprint density at radius 3 is 2.65 bits per heavy atom. The van der Waals surface area contributed by atoms with E-state index in [1.54, 1.807) is 12.1 Å². The highest BCUT2D eigenvalue weighted by molar-refractivity contribution is 5.85. The maximum atomic E-state index is 13.2. The third-order valence-corrected chi connectivity index (χ3v) is 3.37. The monoisotopic (exact) mass is 259 g/mol. The fraction of sp³-hybridized carbons (Fsp3) is 0.538. The van der Waals surface area contributed by atoms with E-state index >= 15 is 0 Å². The van der Waals surface area contributed by atoms with Crippen molar-refractivity contribution in [2.24, 2.45) is 11.7 Å². The summed E-state index contributed by atoms with van der Waals surface area (Å²) in [4.78, 5) is 0. The number of hydrogen-bond donors (Lipinski definition) is 1. The van der Waals surface area contributed by atoms with Gasteiger partial charge in [-0.1, -0.05) is 6.07 Å². The molecule has 1 aromatic carbocycles. The second kappa shape index (κ2) is 6.34. The van der Waals surface area contributed by atoms with Gasteiger partial charge in [-0.25, -0.2) is 4.39 Å². The molecule has 1 aliphatic rings. The first-order chi connectivity index (χ1) is 7.68. The Labute approximate surface area is 108 Å². The van der Waals surface area contributed by atoms with E-state index in [0.717, 1.165) is 37.2 Å². The van der Waals surface area contributed by atoms with Gasteiger partial charge in [-0.15, -0.1) is 12.4 Å². The maximum absolute atomic E-state index is 13.2. The van der Waals surface area contributed by atoms with E-state index in [2.05, 4.69) is 0 Å². The predicted octanol–water partition coefficient (Wildman–Crippen LogP) is 2.98. The summed E-state index contributed by atoms with van der Waals surface area (Å²) in [5.41, 5.74) is 8.22. The van der Waals surface area contributed by atoms with Crippen molar-refractivity contribution in [2.45, 2.75) is 25.8 Å². The van der Waals surface area contributed by atoms with Crippen LogP contribution in [0, 0.1) is 18.7 Å². The molecule has 0 amide bonds. The second-order valence-corrected chi connectivity index (χ2v) is 4.48. The Balaban J connectivity index is 0.00000144. The van der Waals surface area contributed by atoms with Gasteiger partial charge in [-0.3, -0.25) is 0 Å². The molecule has 1 saturated heterocycles. The Hall–Kier alpha value is -0.640. The zero-order valence-corrected chi connectivity index (χ0v) is 10.8. The van der Waals surface area contributed by atoms with Gasteiger partial charge in [0.25, 0.3) is 0 Å². The minimum atomic E-state index is -0.205. The fourth-order valence-electron chi connectivity index (χ4n) is 2.30. The zero-order valence-electron chi connectivity index (χ0n) is 9.99. The van der Waals surface area contributed by atoms with Crippen LogP contribution in [0.2, 0.25) is 0 Å². The van der Waals surface area contributed by atoms with E-state index in [4.69, 9.17) is 10.5 Å². The number of aryl methyl sites for hydroxylation is 1.